The average molecular weight is 492 g/mol. The fraction of sp³-hybridized carbons (Fsp3) is 0.192. The lowest BCUT2D eigenvalue weighted by Gasteiger charge is -2.30. The standard InChI is InChI=1S/C26H22BrNO4/c1-16-25-19(14-28(15-31-25)13-17-7-9-20(30-2)10-8-17)11-21-24(29)23(32-26(16)21)12-18-5-3-4-6-22(18)27/h3-12H,13-15H2,1-2H3/b23-12-. The molecule has 0 amide bonds. The van der Waals surface area contributed by atoms with Gasteiger partial charge in [0.2, 0.25) is 5.78 Å². The monoisotopic (exact) mass is 491 g/mol. The number of nitrogens with zero attached hydrogens (tertiary/aromatic N) is 1. The van der Waals surface area contributed by atoms with E-state index in [-0.39, 0.29) is 5.78 Å². The molecule has 0 fully saturated rings. The van der Waals surface area contributed by atoms with E-state index < -0.39 is 0 Å². The number of carbonyl (C=O) groups excluding carboxylic acids is 1. The summed E-state index contributed by atoms with van der Waals surface area (Å²) < 4.78 is 18.3. The third-order valence-electron chi connectivity index (χ3n) is 5.76. The minimum absolute atomic E-state index is 0.103. The molecular formula is C26H22BrNO4. The first-order valence-corrected chi connectivity index (χ1v) is 11.2. The predicted octanol–water partition coefficient (Wildman–Crippen LogP) is 5.73. The van der Waals surface area contributed by atoms with Gasteiger partial charge in [0.05, 0.1) is 12.7 Å². The molecule has 0 saturated carbocycles. The Morgan fingerprint density at radius 1 is 1.12 bits per heavy atom. The molecule has 0 aliphatic carbocycles. The normalized spacial score (nSPS) is 16.3. The van der Waals surface area contributed by atoms with Crippen LogP contribution in [0.1, 0.15) is 32.6 Å². The third kappa shape index (κ3) is 3.80. The number of ether oxygens (including phenoxy) is 3. The highest BCUT2D eigenvalue weighted by molar-refractivity contribution is 9.10. The molecule has 0 N–H and O–H groups in total. The molecule has 0 saturated heterocycles. The second-order valence-electron chi connectivity index (χ2n) is 7.94. The molecule has 0 bridgehead atoms. The molecule has 2 aliphatic rings. The molecule has 0 aromatic heterocycles. The number of methoxy groups -OCH3 is 1. The molecule has 5 nitrogen and oxygen atoms in total. The number of allylic oxidation sites excluding steroid dienone is 1. The van der Waals surface area contributed by atoms with E-state index in [1.54, 1.807) is 13.2 Å². The van der Waals surface area contributed by atoms with Crippen LogP contribution in [0, 0.1) is 6.92 Å². The van der Waals surface area contributed by atoms with Gasteiger partial charge in [-0.2, -0.15) is 0 Å². The van der Waals surface area contributed by atoms with Gasteiger partial charge in [0, 0.05) is 28.7 Å². The van der Waals surface area contributed by atoms with Crippen LogP contribution in [0.2, 0.25) is 0 Å². The molecule has 2 heterocycles. The Balaban J connectivity index is 1.40. The number of rotatable bonds is 4. The Morgan fingerprint density at radius 3 is 2.66 bits per heavy atom. The lowest BCUT2D eigenvalue weighted by molar-refractivity contribution is 0.0876. The van der Waals surface area contributed by atoms with Crippen molar-refractivity contribution in [2.24, 2.45) is 0 Å². The quantitative estimate of drug-likeness (QED) is 0.435. The van der Waals surface area contributed by atoms with Gasteiger partial charge in [0.25, 0.3) is 0 Å². The second-order valence-corrected chi connectivity index (χ2v) is 8.79. The number of carbonyl (C=O) groups is 1. The van der Waals surface area contributed by atoms with Gasteiger partial charge in [-0.25, -0.2) is 0 Å². The first-order valence-electron chi connectivity index (χ1n) is 10.4. The van der Waals surface area contributed by atoms with Gasteiger partial charge < -0.3 is 14.2 Å². The fourth-order valence-corrected chi connectivity index (χ4v) is 4.52. The summed E-state index contributed by atoms with van der Waals surface area (Å²) in [6, 6.07) is 17.7. The van der Waals surface area contributed by atoms with Crippen LogP contribution in [0.15, 0.2) is 64.8 Å². The molecule has 6 heteroatoms. The Kier molecular flexibility index (Phi) is 5.49. The zero-order chi connectivity index (χ0) is 22.2. The van der Waals surface area contributed by atoms with Gasteiger partial charge in [-0.15, -0.1) is 0 Å². The molecule has 0 radical (unpaired) electrons. The highest BCUT2D eigenvalue weighted by Gasteiger charge is 2.33. The number of ketones is 1. The summed E-state index contributed by atoms with van der Waals surface area (Å²) in [7, 11) is 1.66. The van der Waals surface area contributed by atoms with Crippen molar-refractivity contribution in [3.05, 3.63) is 92.6 Å². The van der Waals surface area contributed by atoms with Crippen LogP contribution in [0.4, 0.5) is 0 Å². The van der Waals surface area contributed by atoms with E-state index in [9.17, 15) is 4.79 Å². The molecule has 162 valence electrons. The molecule has 3 aromatic rings. The molecule has 0 atom stereocenters. The van der Waals surface area contributed by atoms with Crippen LogP contribution in [0.5, 0.6) is 17.2 Å². The van der Waals surface area contributed by atoms with Crippen molar-refractivity contribution < 1.29 is 19.0 Å². The van der Waals surface area contributed by atoms with Crippen molar-refractivity contribution in [1.82, 2.24) is 4.90 Å². The number of fused-ring (bicyclic) bond motifs is 2. The Hall–Kier alpha value is -3.09. The van der Waals surface area contributed by atoms with E-state index in [2.05, 4.69) is 33.0 Å². The van der Waals surface area contributed by atoms with E-state index in [1.807, 2.05) is 49.4 Å². The maximum absolute atomic E-state index is 13.1. The zero-order valence-electron chi connectivity index (χ0n) is 17.9. The molecule has 5 rings (SSSR count). The smallest absolute Gasteiger partial charge is 0.231 e. The summed E-state index contributed by atoms with van der Waals surface area (Å²) >= 11 is 3.52. The predicted molar refractivity (Wildman–Crippen MR) is 126 cm³/mol. The maximum atomic E-state index is 13.1. The second kappa shape index (κ2) is 8.45. The van der Waals surface area contributed by atoms with Crippen molar-refractivity contribution in [1.29, 1.82) is 0 Å². The van der Waals surface area contributed by atoms with E-state index in [1.165, 1.54) is 5.56 Å². The van der Waals surface area contributed by atoms with Crippen molar-refractivity contribution in [3.8, 4) is 17.2 Å². The van der Waals surface area contributed by atoms with Gasteiger partial charge in [0.15, 0.2) is 5.76 Å². The van der Waals surface area contributed by atoms with E-state index in [0.717, 1.165) is 39.2 Å². The number of halogens is 1. The van der Waals surface area contributed by atoms with Crippen molar-refractivity contribution in [3.63, 3.8) is 0 Å². The fourth-order valence-electron chi connectivity index (χ4n) is 4.12. The number of benzene rings is 3. The maximum Gasteiger partial charge on any atom is 0.231 e. The summed E-state index contributed by atoms with van der Waals surface area (Å²) in [6.07, 6.45) is 1.78. The topological polar surface area (TPSA) is 48.0 Å². The van der Waals surface area contributed by atoms with E-state index in [0.29, 0.717) is 30.3 Å². The van der Waals surface area contributed by atoms with Gasteiger partial charge >= 0.3 is 0 Å². The molecule has 2 aliphatic heterocycles. The van der Waals surface area contributed by atoms with E-state index in [4.69, 9.17) is 14.2 Å². The summed E-state index contributed by atoms with van der Waals surface area (Å²) in [5.41, 5.74) is 4.53. The molecule has 0 spiro atoms. The number of Topliss-reactive ketones (excluding diaryl/α,β-unsaturated/α-hetero) is 1. The van der Waals surface area contributed by atoms with Crippen LogP contribution in [0.3, 0.4) is 0 Å². The average Bonchev–Trinajstić information content (AvgIpc) is 3.11. The first-order chi connectivity index (χ1) is 15.5. The van der Waals surface area contributed by atoms with E-state index >= 15 is 0 Å². The lowest BCUT2D eigenvalue weighted by Crippen LogP contribution is -2.32. The summed E-state index contributed by atoms with van der Waals surface area (Å²) in [5.74, 6) is 2.46. The first kappa shape index (κ1) is 20.8. The SMILES string of the molecule is COc1ccc(CN2COc3c(cc4c(c3C)O/C(=C\c3ccccc3Br)C4=O)C2)cc1. The molecular weight excluding hydrogens is 470 g/mol. The van der Waals surface area contributed by atoms with Crippen molar-refractivity contribution in [2.75, 3.05) is 13.8 Å². The van der Waals surface area contributed by atoms with Crippen LogP contribution in [0.25, 0.3) is 6.08 Å². The van der Waals surface area contributed by atoms with Crippen LogP contribution in [-0.2, 0) is 13.1 Å². The van der Waals surface area contributed by atoms with Crippen molar-refractivity contribution in [2.45, 2.75) is 20.0 Å². The summed E-state index contributed by atoms with van der Waals surface area (Å²) in [5, 5.41) is 0. The molecule has 32 heavy (non-hydrogen) atoms. The number of hydrogen-bond acceptors (Lipinski definition) is 5. The van der Waals surface area contributed by atoms with Gasteiger partial charge in [-0.05, 0) is 48.4 Å². The molecule has 3 aromatic carbocycles. The zero-order valence-corrected chi connectivity index (χ0v) is 19.4. The largest absolute Gasteiger partial charge is 0.497 e. The lowest BCUT2D eigenvalue weighted by atomic mass is 10.00. The van der Waals surface area contributed by atoms with Crippen LogP contribution in [-0.4, -0.2) is 24.5 Å². The van der Waals surface area contributed by atoms with Gasteiger partial charge in [0.1, 0.15) is 24.0 Å². The minimum atomic E-state index is -0.103. The summed E-state index contributed by atoms with van der Waals surface area (Å²) in [4.78, 5) is 15.3. The highest BCUT2D eigenvalue weighted by atomic mass is 79.9. The Bertz CT molecular complexity index is 1230. The van der Waals surface area contributed by atoms with Crippen molar-refractivity contribution >= 4 is 27.8 Å². The Labute approximate surface area is 195 Å². The number of hydrogen-bond donors (Lipinski definition) is 0. The van der Waals surface area contributed by atoms with Gasteiger partial charge in [-0.3, -0.25) is 9.69 Å². The molecule has 0 unspecified atom stereocenters. The third-order valence-corrected chi connectivity index (χ3v) is 6.48. The minimum Gasteiger partial charge on any atom is -0.497 e. The van der Waals surface area contributed by atoms with Crippen LogP contribution >= 0.6 is 15.9 Å². The summed E-state index contributed by atoms with van der Waals surface area (Å²) in [6.45, 7) is 3.88. The van der Waals surface area contributed by atoms with Gasteiger partial charge in [-0.1, -0.05) is 46.3 Å². The van der Waals surface area contributed by atoms with Crippen LogP contribution < -0.4 is 14.2 Å². The highest BCUT2D eigenvalue weighted by Crippen LogP contribution is 2.43. The Morgan fingerprint density at radius 2 is 1.91 bits per heavy atom.